The van der Waals surface area contributed by atoms with Crippen LogP contribution in [0, 0.1) is 0 Å². The van der Waals surface area contributed by atoms with Crippen LogP contribution in [-0.4, -0.2) is 31.9 Å². The SMILES string of the molecule is Cn1cc(C(=O)Nc2ccc(C(=O)O)cc2O)cn1. The lowest BCUT2D eigenvalue weighted by atomic mass is 10.2. The summed E-state index contributed by atoms with van der Waals surface area (Å²) < 4.78 is 1.47. The minimum atomic E-state index is -1.15. The fourth-order valence-corrected chi connectivity index (χ4v) is 1.50. The number of carboxylic acids is 1. The molecule has 3 N–H and O–H groups in total. The van der Waals surface area contributed by atoms with Crippen LogP contribution in [0.25, 0.3) is 0 Å². The van der Waals surface area contributed by atoms with Gasteiger partial charge in [-0.05, 0) is 18.2 Å². The van der Waals surface area contributed by atoms with Crippen molar-refractivity contribution in [1.82, 2.24) is 9.78 Å². The monoisotopic (exact) mass is 261 g/mol. The summed E-state index contributed by atoms with van der Waals surface area (Å²) in [6.45, 7) is 0. The van der Waals surface area contributed by atoms with Crippen molar-refractivity contribution >= 4 is 17.6 Å². The first kappa shape index (κ1) is 12.6. The quantitative estimate of drug-likeness (QED) is 0.717. The number of hydrogen-bond acceptors (Lipinski definition) is 4. The highest BCUT2D eigenvalue weighted by atomic mass is 16.4. The van der Waals surface area contributed by atoms with Crippen LogP contribution in [0.5, 0.6) is 5.75 Å². The van der Waals surface area contributed by atoms with Gasteiger partial charge in [-0.15, -0.1) is 0 Å². The van der Waals surface area contributed by atoms with E-state index >= 15 is 0 Å². The number of benzene rings is 1. The second-order valence-corrected chi connectivity index (χ2v) is 3.89. The van der Waals surface area contributed by atoms with Crippen molar-refractivity contribution in [1.29, 1.82) is 0 Å². The molecule has 0 aliphatic heterocycles. The number of nitrogens with zero attached hydrogens (tertiary/aromatic N) is 2. The normalized spacial score (nSPS) is 10.2. The average molecular weight is 261 g/mol. The molecular formula is C12H11N3O4. The van der Waals surface area contributed by atoms with Gasteiger partial charge in [-0.3, -0.25) is 9.48 Å². The van der Waals surface area contributed by atoms with E-state index in [1.54, 1.807) is 7.05 Å². The number of aromatic hydroxyl groups is 1. The van der Waals surface area contributed by atoms with Crippen LogP contribution in [0.4, 0.5) is 5.69 Å². The fourth-order valence-electron chi connectivity index (χ4n) is 1.50. The van der Waals surface area contributed by atoms with Crippen molar-refractivity contribution in [3.8, 4) is 5.75 Å². The molecule has 7 nitrogen and oxygen atoms in total. The summed E-state index contributed by atoms with van der Waals surface area (Å²) in [4.78, 5) is 22.5. The molecule has 0 bridgehead atoms. The topological polar surface area (TPSA) is 104 Å². The van der Waals surface area contributed by atoms with E-state index < -0.39 is 11.9 Å². The number of hydrogen-bond donors (Lipinski definition) is 3. The molecule has 0 saturated heterocycles. The molecule has 0 unspecified atom stereocenters. The van der Waals surface area contributed by atoms with E-state index in [2.05, 4.69) is 10.4 Å². The Bertz CT molecular complexity index is 648. The van der Waals surface area contributed by atoms with Crippen LogP contribution < -0.4 is 5.32 Å². The molecule has 0 spiro atoms. The molecule has 0 radical (unpaired) electrons. The van der Waals surface area contributed by atoms with Crippen molar-refractivity contribution in [3.05, 3.63) is 41.7 Å². The van der Waals surface area contributed by atoms with Gasteiger partial charge in [0.25, 0.3) is 5.91 Å². The maximum atomic E-state index is 11.8. The molecule has 98 valence electrons. The van der Waals surface area contributed by atoms with Crippen molar-refractivity contribution in [2.45, 2.75) is 0 Å². The third-order valence-corrected chi connectivity index (χ3v) is 2.46. The number of rotatable bonds is 3. The highest BCUT2D eigenvalue weighted by molar-refractivity contribution is 6.05. The zero-order valence-corrected chi connectivity index (χ0v) is 9.99. The number of aromatic carboxylic acids is 1. The average Bonchev–Trinajstić information content (AvgIpc) is 2.78. The van der Waals surface area contributed by atoms with Gasteiger partial charge in [-0.1, -0.05) is 0 Å². The van der Waals surface area contributed by atoms with Crippen molar-refractivity contribution in [3.63, 3.8) is 0 Å². The van der Waals surface area contributed by atoms with Gasteiger partial charge >= 0.3 is 5.97 Å². The molecule has 0 fully saturated rings. The zero-order chi connectivity index (χ0) is 14.0. The van der Waals surface area contributed by atoms with Gasteiger partial charge in [-0.25, -0.2) is 4.79 Å². The third kappa shape index (κ3) is 2.71. The maximum absolute atomic E-state index is 11.8. The molecule has 1 amide bonds. The molecule has 1 aromatic carbocycles. The van der Waals surface area contributed by atoms with Crippen LogP contribution >= 0.6 is 0 Å². The Morgan fingerprint density at radius 1 is 1.32 bits per heavy atom. The maximum Gasteiger partial charge on any atom is 0.335 e. The Kier molecular flexibility index (Phi) is 3.19. The van der Waals surface area contributed by atoms with Crippen LogP contribution in [0.2, 0.25) is 0 Å². The number of aromatic nitrogens is 2. The van der Waals surface area contributed by atoms with E-state index in [0.717, 1.165) is 6.07 Å². The summed E-state index contributed by atoms with van der Waals surface area (Å²) in [7, 11) is 1.68. The van der Waals surface area contributed by atoms with Gasteiger partial charge in [0, 0.05) is 13.2 Å². The van der Waals surface area contributed by atoms with Crippen LogP contribution in [0.3, 0.4) is 0 Å². The molecular weight excluding hydrogens is 250 g/mol. The second-order valence-electron chi connectivity index (χ2n) is 3.89. The number of aryl methyl sites for hydroxylation is 1. The summed E-state index contributed by atoms with van der Waals surface area (Å²) in [5, 5.41) is 24.7. The highest BCUT2D eigenvalue weighted by Gasteiger charge is 2.12. The minimum Gasteiger partial charge on any atom is -0.506 e. The lowest BCUT2D eigenvalue weighted by Gasteiger charge is -2.06. The lowest BCUT2D eigenvalue weighted by molar-refractivity contribution is 0.0696. The Morgan fingerprint density at radius 3 is 2.58 bits per heavy atom. The van der Waals surface area contributed by atoms with Crippen molar-refractivity contribution < 1.29 is 19.8 Å². The second kappa shape index (κ2) is 4.81. The Labute approximate surface area is 108 Å². The molecule has 0 aliphatic carbocycles. The Morgan fingerprint density at radius 2 is 2.05 bits per heavy atom. The molecule has 0 atom stereocenters. The summed E-state index contributed by atoms with van der Waals surface area (Å²) >= 11 is 0. The number of anilines is 1. The molecule has 0 aliphatic rings. The summed E-state index contributed by atoms with van der Waals surface area (Å²) in [5.74, 6) is -1.90. The summed E-state index contributed by atoms with van der Waals surface area (Å²) in [6, 6.07) is 3.69. The van der Waals surface area contributed by atoms with E-state index in [4.69, 9.17) is 5.11 Å². The van der Waals surface area contributed by atoms with Crippen molar-refractivity contribution in [2.24, 2.45) is 7.05 Å². The number of phenols is 1. The largest absolute Gasteiger partial charge is 0.506 e. The van der Waals surface area contributed by atoms with Gasteiger partial charge in [-0.2, -0.15) is 5.10 Å². The number of amides is 1. The van der Waals surface area contributed by atoms with Crippen LogP contribution in [0.1, 0.15) is 20.7 Å². The number of nitrogens with one attached hydrogen (secondary N) is 1. The molecule has 1 aromatic heterocycles. The first-order valence-electron chi connectivity index (χ1n) is 5.33. The fraction of sp³-hybridized carbons (Fsp3) is 0.0833. The van der Waals surface area contributed by atoms with Crippen LogP contribution in [0.15, 0.2) is 30.6 Å². The zero-order valence-electron chi connectivity index (χ0n) is 9.99. The molecule has 1 heterocycles. The molecule has 2 aromatic rings. The van der Waals surface area contributed by atoms with Gasteiger partial charge in [0.2, 0.25) is 0 Å². The van der Waals surface area contributed by atoms with Gasteiger partial charge < -0.3 is 15.5 Å². The molecule has 0 saturated carbocycles. The minimum absolute atomic E-state index is 0.0584. The lowest BCUT2D eigenvalue weighted by Crippen LogP contribution is -2.11. The predicted molar refractivity (Wildman–Crippen MR) is 66.2 cm³/mol. The highest BCUT2D eigenvalue weighted by Crippen LogP contribution is 2.24. The van der Waals surface area contributed by atoms with E-state index in [0.29, 0.717) is 5.56 Å². The molecule has 7 heteroatoms. The summed E-state index contributed by atoms with van der Waals surface area (Å²) in [6.07, 6.45) is 2.91. The first-order chi connectivity index (χ1) is 8.97. The smallest absolute Gasteiger partial charge is 0.335 e. The van der Waals surface area contributed by atoms with Crippen LogP contribution in [-0.2, 0) is 7.05 Å². The number of carboxylic acid groups (broad SMARTS) is 1. The Hall–Kier alpha value is -2.83. The Balaban J connectivity index is 2.20. The third-order valence-electron chi connectivity index (χ3n) is 2.46. The van der Waals surface area contributed by atoms with E-state index in [-0.39, 0.29) is 17.0 Å². The number of carbonyl (C=O) groups is 2. The van der Waals surface area contributed by atoms with Gasteiger partial charge in [0.1, 0.15) is 5.75 Å². The molecule has 19 heavy (non-hydrogen) atoms. The van der Waals surface area contributed by atoms with Gasteiger partial charge in [0.05, 0.1) is 23.0 Å². The van der Waals surface area contributed by atoms with Gasteiger partial charge in [0.15, 0.2) is 0 Å². The standard InChI is InChI=1S/C12H11N3O4/c1-15-6-8(5-13-15)11(17)14-9-3-2-7(12(18)19)4-10(9)16/h2-6,16H,1H3,(H,14,17)(H,18,19). The van der Waals surface area contributed by atoms with E-state index in [1.165, 1.54) is 29.2 Å². The number of carbonyl (C=O) groups excluding carboxylic acids is 1. The van der Waals surface area contributed by atoms with E-state index in [9.17, 15) is 14.7 Å². The summed E-state index contributed by atoms with van der Waals surface area (Å²) in [5.41, 5.74) is 0.417. The number of phenolic OH excluding ortho intramolecular Hbond substituents is 1. The first-order valence-corrected chi connectivity index (χ1v) is 5.33. The predicted octanol–water partition coefficient (Wildman–Crippen LogP) is 1.08. The van der Waals surface area contributed by atoms with Crippen molar-refractivity contribution in [2.75, 3.05) is 5.32 Å². The molecule has 2 rings (SSSR count). The van der Waals surface area contributed by atoms with E-state index in [1.807, 2.05) is 0 Å².